The first-order valence-corrected chi connectivity index (χ1v) is 4.73. The topological polar surface area (TPSA) is 79.0 Å². The van der Waals surface area contributed by atoms with Crippen LogP contribution in [0.2, 0.25) is 0 Å². The number of nitrogen functional groups attached to an aromatic ring is 1. The third-order valence-electron chi connectivity index (χ3n) is 2.82. The van der Waals surface area contributed by atoms with Crippen LogP contribution in [0.15, 0.2) is 18.2 Å². The van der Waals surface area contributed by atoms with E-state index in [-0.39, 0.29) is 11.7 Å². The van der Waals surface area contributed by atoms with Gasteiger partial charge in [0, 0.05) is 11.3 Å². The first-order valence-electron chi connectivity index (χ1n) is 4.73. The fraction of sp³-hybridized carbons (Fsp3) is 0.273. The van der Waals surface area contributed by atoms with Gasteiger partial charge in [0.2, 0.25) is 5.91 Å². The molecule has 78 valence electrons. The van der Waals surface area contributed by atoms with Gasteiger partial charge in [-0.3, -0.25) is 10.2 Å². The Balaban J connectivity index is 2.56. The summed E-state index contributed by atoms with van der Waals surface area (Å²) in [6.45, 7) is 3.75. The second-order valence-corrected chi connectivity index (χ2v) is 4.25. The molecule has 0 bridgehead atoms. The Kier molecular flexibility index (Phi) is 1.83. The molecule has 0 saturated carbocycles. The summed E-state index contributed by atoms with van der Waals surface area (Å²) in [6.07, 6.45) is 0. The number of hydrogen-bond acceptors (Lipinski definition) is 2. The molecule has 0 atom stereocenters. The standard InChI is InChI=1S/C11H13N3O/c1-11(2)7-4-3-6(9(12)13)5-8(7)14-10(11)15/h3-5H,1-2H3,(H3,12,13)(H,14,15). The van der Waals surface area contributed by atoms with Crippen molar-refractivity contribution in [3.8, 4) is 0 Å². The Labute approximate surface area is 88.0 Å². The minimum Gasteiger partial charge on any atom is -0.384 e. The van der Waals surface area contributed by atoms with Crippen molar-refractivity contribution >= 4 is 17.4 Å². The van der Waals surface area contributed by atoms with Gasteiger partial charge in [0.15, 0.2) is 0 Å². The molecule has 4 nitrogen and oxygen atoms in total. The normalized spacial score (nSPS) is 17.1. The lowest BCUT2D eigenvalue weighted by atomic mass is 9.86. The molecule has 1 aliphatic heterocycles. The summed E-state index contributed by atoms with van der Waals surface area (Å²) in [6, 6.07) is 5.36. The summed E-state index contributed by atoms with van der Waals surface area (Å²) in [5.74, 6) is -0.00467. The van der Waals surface area contributed by atoms with Crippen molar-refractivity contribution in [2.45, 2.75) is 19.3 Å². The molecule has 4 N–H and O–H groups in total. The van der Waals surface area contributed by atoms with E-state index < -0.39 is 5.41 Å². The highest BCUT2D eigenvalue weighted by Gasteiger charge is 2.38. The monoisotopic (exact) mass is 203 g/mol. The molecular weight excluding hydrogens is 190 g/mol. The number of benzene rings is 1. The maximum Gasteiger partial charge on any atom is 0.234 e. The molecule has 4 heteroatoms. The van der Waals surface area contributed by atoms with E-state index in [9.17, 15) is 4.79 Å². The molecule has 0 fully saturated rings. The average Bonchev–Trinajstić information content (AvgIpc) is 2.38. The largest absolute Gasteiger partial charge is 0.384 e. The van der Waals surface area contributed by atoms with Gasteiger partial charge in [-0.25, -0.2) is 0 Å². The quantitative estimate of drug-likeness (QED) is 0.473. The SMILES string of the molecule is CC1(C)C(=O)Nc2cc(C(=N)N)ccc21. The van der Waals surface area contributed by atoms with E-state index in [1.807, 2.05) is 19.9 Å². The van der Waals surface area contributed by atoms with Crippen molar-refractivity contribution < 1.29 is 4.79 Å². The molecule has 1 aromatic rings. The van der Waals surface area contributed by atoms with E-state index in [1.165, 1.54) is 0 Å². The van der Waals surface area contributed by atoms with Gasteiger partial charge < -0.3 is 11.1 Å². The van der Waals surface area contributed by atoms with E-state index in [2.05, 4.69) is 5.32 Å². The van der Waals surface area contributed by atoms with Gasteiger partial charge in [0.05, 0.1) is 5.41 Å². The minimum atomic E-state index is -0.495. The number of nitrogens with one attached hydrogen (secondary N) is 2. The maximum absolute atomic E-state index is 11.6. The van der Waals surface area contributed by atoms with E-state index in [0.717, 1.165) is 11.3 Å². The van der Waals surface area contributed by atoms with Gasteiger partial charge in [0.1, 0.15) is 5.84 Å². The highest BCUT2D eigenvalue weighted by Crippen LogP contribution is 2.37. The van der Waals surface area contributed by atoms with Crippen LogP contribution in [0.1, 0.15) is 25.0 Å². The Hall–Kier alpha value is -1.84. The van der Waals surface area contributed by atoms with Crippen LogP contribution in [0.25, 0.3) is 0 Å². The molecule has 1 amide bonds. The molecule has 0 spiro atoms. The van der Waals surface area contributed by atoms with Crippen molar-refractivity contribution in [2.75, 3.05) is 5.32 Å². The summed E-state index contributed by atoms with van der Waals surface area (Å²) in [5, 5.41) is 10.1. The van der Waals surface area contributed by atoms with E-state index >= 15 is 0 Å². The van der Waals surface area contributed by atoms with Gasteiger partial charge in [0.25, 0.3) is 0 Å². The van der Waals surface area contributed by atoms with Gasteiger partial charge in [-0.1, -0.05) is 12.1 Å². The molecule has 0 saturated heterocycles. The van der Waals surface area contributed by atoms with Crippen molar-refractivity contribution in [1.29, 1.82) is 5.41 Å². The third kappa shape index (κ3) is 1.29. The molecule has 1 aromatic carbocycles. The predicted molar refractivity (Wildman–Crippen MR) is 59.1 cm³/mol. The number of carbonyl (C=O) groups is 1. The van der Waals surface area contributed by atoms with Crippen LogP contribution in [0.4, 0.5) is 5.69 Å². The van der Waals surface area contributed by atoms with Crippen LogP contribution in [-0.2, 0) is 10.2 Å². The maximum atomic E-state index is 11.6. The number of fused-ring (bicyclic) bond motifs is 1. The third-order valence-corrected chi connectivity index (χ3v) is 2.82. The van der Waals surface area contributed by atoms with Crippen molar-refractivity contribution in [2.24, 2.45) is 5.73 Å². The Morgan fingerprint density at radius 3 is 2.73 bits per heavy atom. The number of anilines is 1. The minimum absolute atomic E-state index is 0.0109. The van der Waals surface area contributed by atoms with Gasteiger partial charge in [-0.05, 0) is 25.5 Å². The highest BCUT2D eigenvalue weighted by atomic mass is 16.2. The van der Waals surface area contributed by atoms with Crippen LogP contribution >= 0.6 is 0 Å². The summed E-state index contributed by atoms with van der Waals surface area (Å²) in [4.78, 5) is 11.6. The van der Waals surface area contributed by atoms with Crippen LogP contribution in [0.3, 0.4) is 0 Å². The van der Waals surface area contributed by atoms with Crippen LogP contribution in [-0.4, -0.2) is 11.7 Å². The Bertz CT molecular complexity index is 463. The fourth-order valence-corrected chi connectivity index (χ4v) is 1.76. The lowest BCUT2D eigenvalue weighted by Crippen LogP contribution is -2.26. The summed E-state index contributed by atoms with van der Waals surface area (Å²) < 4.78 is 0. The molecular formula is C11H13N3O. The van der Waals surface area contributed by atoms with Gasteiger partial charge in [-0.15, -0.1) is 0 Å². The second-order valence-electron chi connectivity index (χ2n) is 4.25. The predicted octanol–water partition coefficient (Wildman–Crippen LogP) is 1.20. The van der Waals surface area contributed by atoms with Crippen molar-refractivity contribution in [3.63, 3.8) is 0 Å². The van der Waals surface area contributed by atoms with Crippen molar-refractivity contribution in [3.05, 3.63) is 29.3 Å². The molecule has 0 radical (unpaired) electrons. The van der Waals surface area contributed by atoms with Crippen molar-refractivity contribution in [1.82, 2.24) is 0 Å². The molecule has 0 aromatic heterocycles. The zero-order chi connectivity index (χ0) is 11.2. The molecule has 0 aliphatic carbocycles. The van der Waals surface area contributed by atoms with E-state index in [0.29, 0.717) is 5.56 Å². The number of amidine groups is 1. The number of amides is 1. The van der Waals surface area contributed by atoms with E-state index in [1.54, 1.807) is 12.1 Å². The Morgan fingerprint density at radius 2 is 2.13 bits per heavy atom. The zero-order valence-electron chi connectivity index (χ0n) is 8.72. The summed E-state index contributed by atoms with van der Waals surface area (Å²) in [5.41, 5.74) is 7.23. The average molecular weight is 203 g/mol. The highest BCUT2D eigenvalue weighted by molar-refractivity contribution is 6.07. The van der Waals surface area contributed by atoms with Crippen LogP contribution in [0.5, 0.6) is 0 Å². The lowest BCUT2D eigenvalue weighted by molar-refractivity contribution is -0.119. The first kappa shape index (κ1) is 9.71. The Morgan fingerprint density at radius 1 is 1.47 bits per heavy atom. The molecule has 2 rings (SSSR count). The molecule has 0 unspecified atom stereocenters. The molecule has 1 aliphatic rings. The summed E-state index contributed by atoms with van der Waals surface area (Å²) >= 11 is 0. The van der Waals surface area contributed by atoms with Crippen LogP contribution < -0.4 is 11.1 Å². The summed E-state index contributed by atoms with van der Waals surface area (Å²) in [7, 11) is 0. The van der Waals surface area contributed by atoms with Gasteiger partial charge in [-0.2, -0.15) is 0 Å². The molecule has 1 heterocycles. The fourth-order valence-electron chi connectivity index (χ4n) is 1.76. The molecule has 15 heavy (non-hydrogen) atoms. The zero-order valence-corrected chi connectivity index (χ0v) is 8.72. The van der Waals surface area contributed by atoms with Crippen LogP contribution in [0, 0.1) is 5.41 Å². The van der Waals surface area contributed by atoms with E-state index in [4.69, 9.17) is 11.1 Å². The number of hydrogen-bond donors (Lipinski definition) is 3. The second kappa shape index (κ2) is 2.82. The number of nitrogens with two attached hydrogens (primary N) is 1. The smallest absolute Gasteiger partial charge is 0.234 e. The van der Waals surface area contributed by atoms with Gasteiger partial charge >= 0.3 is 0 Å². The number of carbonyl (C=O) groups excluding carboxylic acids is 1. The number of rotatable bonds is 1. The lowest BCUT2D eigenvalue weighted by Gasteiger charge is -2.14. The first-order chi connectivity index (χ1) is 6.93.